The molecular weight excluding hydrogens is 160 g/mol. The Kier molecular flexibility index (Phi) is 1.29. The Morgan fingerprint density at radius 1 is 1.83 bits per heavy atom. The van der Waals surface area contributed by atoms with Crippen LogP contribution in [0.5, 0.6) is 0 Å². The molecule has 1 N–H and O–H groups in total. The molecule has 0 saturated carbocycles. The minimum absolute atomic E-state index is 0.0721. The number of carbonyl (C=O) groups excluding carboxylic acids is 1. The molecule has 12 heavy (non-hydrogen) atoms. The molecule has 1 aliphatic carbocycles. The lowest BCUT2D eigenvalue weighted by Crippen LogP contribution is -2.28. The molecule has 0 aromatic rings. The minimum atomic E-state index is -1.03. The van der Waals surface area contributed by atoms with Crippen molar-refractivity contribution in [2.24, 2.45) is 0 Å². The number of fused-ring (bicyclic) bond motifs is 1. The van der Waals surface area contributed by atoms with Crippen molar-refractivity contribution in [2.75, 3.05) is 7.11 Å². The Bertz CT molecular complexity index is 291. The van der Waals surface area contributed by atoms with Crippen LogP contribution >= 0.6 is 0 Å². The van der Waals surface area contributed by atoms with E-state index in [4.69, 9.17) is 4.74 Å². The highest BCUT2D eigenvalue weighted by Crippen LogP contribution is 2.44. The zero-order chi connectivity index (χ0) is 8.77. The molecule has 0 aromatic heterocycles. The van der Waals surface area contributed by atoms with E-state index in [-0.39, 0.29) is 5.76 Å². The van der Waals surface area contributed by atoms with Gasteiger partial charge in [0.05, 0.1) is 7.11 Å². The SMILES string of the molecule is COC(=O)C12C=CC=C(O)C1O2. The van der Waals surface area contributed by atoms with Gasteiger partial charge in [-0.3, -0.25) is 0 Å². The highest BCUT2D eigenvalue weighted by molar-refractivity contribution is 5.87. The summed E-state index contributed by atoms with van der Waals surface area (Å²) in [5.41, 5.74) is -1.03. The van der Waals surface area contributed by atoms with Gasteiger partial charge in [0.25, 0.3) is 0 Å². The maximum Gasteiger partial charge on any atom is 0.345 e. The summed E-state index contributed by atoms with van der Waals surface area (Å²) in [6.45, 7) is 0. The van der Waals surface area contributed by atoms with Gasteiger partial charge in [0, 0.05) is 0 Å². The van der Waals surface area contributed by atoms with Crippen molar-refractivity contribution < 1.29 is 19.4 Å². The Hall–Kier alpha value is -1.29. The van der Waals surface area contributed by atoms with E-state index in [2.05, 4.69) is 4.74 Å². The molecule has 4 heteroatoms. The molecule has 1 aliphatic heterocycles. The lowest BCUT2D eigenvalue weighted by molar-refractivity contribution is -0.145. The second-order valence-electron chi connectivity index (χ2n) is 2.73. The molecule has 1 heterocycles. The Morgan fingerprint density at radius 3 is 3.25 bits per heavy atom. The van der Waals surface area contributed by atoms with Crippen LogP contribution in [0.2, 0.25) is 0 Å². The molecule has 0 aromatic carbocycles. The van der Waals surface area contributed by atoms with E-state index in [9.17, 15) is 9.90 Å². The largest absolute Gasteiger partial charge is 0.509 e. The zero-order valence-corrected chi connectivity index (χ0v) is 6.48. The third kappa shape index (κ3) is 0.726. The van der Waals surface area contributed by atoms with Crippen molar-refractivity contribution in [3.8, 4) is 0 Å². The minimum Gasteiger partial charge on any atom is -0.509 e. The van der Waals surface area contributed by atoms with Crippen LogP contribution in [0.15, 0.2) is 24.0 Å². The van der Waals surface area contributed by atoms with E-state index in [1.807, 2.05) is 0 Å². The molecule has 0 spiro atoms. The maximum absolute atomic E-state index is 11.1. The molecule has 0 radical (unpaired) electrons. The highest BCUT2D eigenvalue weighted by Gasteiger charge is 2.65. The summed E-state index contributed by atoms with van der Waals surface area (Å²) in [5.74, 6) is -0.397. The number of methoxy groups -OCH3 is 1. The first kappa shape index (κ1) is 7.36. The summed E-state index contributed by atoms with van der Waals surface area (Å²) in [4.78, 5) is 11.1. The van der Waals surface area contributed by atoms with Crippen molar-refractivity contribution in [1.82, 2.24) is 0 Å². The van der Waals surface area contributed by atoms with Gasteiger partial charge in [0.2, 0.25) is 5.60 Å². The highest BCUT2D eigenvalue weighted by atomic mass is 16.7. The fraction of sp³-hybridized carbons (Fsp3) is 0.375. The van der Waals surface area contributed by atoms with E-state index in [0.717, 1.165) is 0 Å². The van der Waals surface area contributed by atoms with Gasteiger partial charge in [-0.25, -0.2) is 4.79 Å². The third-order valence-corrected chi connectivity index (χ3v) is 2.03. The monoisotopic (exact) mass is 168 g/mol. The van der Waals surface area contributed by atoms with Crippen molar-refractivity contribution in [3.63, 3.8) is 0 Å². The quantitative estimate of drug-likeness (QED) is 0.452. The third-order valence-electron chi connectivity index (χ3n) is 2.03. The summed E-state index contributed by atoms with van der Waals surface area (Å²) in [7, 11) is 1.29. The summed E-state index contributed by atoms with van der Waals surface area (Å²) in [6, 6.07) is 0. The maximum atomic E-state index is 11.1. The molecule has 64 valence electrons. The fourth-order valence-corrected chi connectivity index (χ4v) is 1.33. The predicted octanol–water partition coefficient (Wildman–Crippen LogP) is 0.309. The van der Waals surface area contributed by atoms with Gasteiger partial charge in [0.15, 0.2) is 6.10 Å². The number of carbonyl (C=O) groups is 1. The summed E-state index contributed by atoms with van der Waals surface area (Å²) in [6.07, 6.45) is 4.13. The van der Waals surface area contributed by atoms with Crippen LogP contribution in [-0.2, 0) is 14.3 Å². The van der Waals surface area contributed by atoms with Gasteiger partial charge in [0.1, 0.15) is 5.76 Å². The van der Waals surface area contributed by atoms with Crippen LogP contribution in [0, 0.1) is 0 Å². The smallest absolute Gasteiger partial charge is 0.345 e. The number of rotatable bonds is 1. The van der Waals surface area contributed by atoms with Gasteiger partial charge < -0.3 is 14.6 Å². The number of ether oxygens (including phenoxy) is 2. The topological polar surface area (TPSA) is 59.1 Å². The number of esters is 1. The lowest BCUT2D eigenvalue weighted by Gasteiger charge is -2.06. The molecule has 2 atom stereocenters. The molecule has 2 unspecified atom stereocenters. The number of hydrogen-bond acceptors (Lipinski definition) is 4. The Labute approximate surface area is 69.1 Å². The lowest BCUT2D eigenvalue weighted by atomic mass is 10.00. The van der Waals surface area contributed by atoms with E-state index in [1.54, 1.807) is 12.2 Å². The van der Waals surface area contributed by atoms with E-state index in [0.29, 0.717) is 0 Å². The van der Waals surface area contributed by atoms with E-state index >= 15 is 0 Å². The molecule has 1 fully saturated rings. The number of allylic oxidation sites excluding steroid dienone is 2. The van der Waals surface area contributed by atoms with E-state index < -0.39 is 17.7 Å². The summed E-state index contributed by atoms with van der Waals surface area (Å²) < 4.78 is 9.58. The number of aliphatic hydroxyl groups excluding tert-OH is 1. The molecule has 4 nitrogen and oxygen atoms in total. The number of hydrogen-bond donors (Lipinski definition) is 1. The van der Waals surface area contributed by atoms with E-state index in [1.165, 1.54) is 13.2 Å². The van der Waals surface area contributed by atoms with Crippen molar-refractivity contribution in [2.45, 2.75) is 11.7 Å². The fourth-order valence-electron chi connectivity index (χ4n) is 1.33. The van der Waals surface area contributed by atoms with Crippen molar-refractivity contribution in [1.29, 1.82) is 0 Å². The van der Waals surface area contributed by atoms with Gasteiger partial charge in [-0.2, -0.15) is 0 Å². The zero-order valence-electron chi connectivity index (χ0n) is 6.48. The second kappa shape index (κ2) is 2.10. The van der Waals surface area contributed by atoms with Gasteiger partial charge >= 0.3 is 5.97 Å². The first-order chi connectivity index (χ1) is 5.70. The first-order valence-corrected chi connectivity index (χ1v) is 3.55. The van der Waals surface area contributed by atoms with Crippen LogP contribution in [0.25, 0.3) is 0 Å². The Balaban J connectivity index is 2.26. The van der Waals surface area contributed by atoms with Gasteiger partial charge in [-0.1, -0.05) is 6.08 Å². The molecule has 1 saturated heterocycles. The number of epoxide rings is 1. The normalized spacial score (nSPS) is 36.8. The standard InChI is InChI=1S/C8H8O4/c1-11-7(10)8-4-2-3-5(9)6(8)12-8/h2-4,6,9H,1H3. The number of aliphatic hydroxyl groups is 1. The summed E-state index contributed by atoms with van der Waals surface area (Å²) in [5, 5.41) is 9.21. The molecular formula is C8H8O4. The van der Waals surface area contributed by atoms with Gasteiger partial charge in [-0.05, 0) is 12.2 Å². The molecule has 0 amide bonds. The Morgan fingerprint density at radius 2 is 2.58 bits per heavy atom. The van der Waals surface area contributed by atoms with Crippen LogP contribution < -0.4 is 0 Å². The molecule has 2 rings (SSSR count). The van der Waals surface area contributed by atoms with Crippen LogP contribution in [0.4, 0.5) is 0 Å². The average molecular weight is 168 g/mol. The second-order valence-corrected chi connectivity index (χ2v) is 2.73. The molecule has 0 bridgehead atoms. The average Bonchev–Trinajstić information content (AvgIpc) is 2.80. The van der Waals surface area contributed by atoms with Crippen molar-refractivity contribution >= 4 is 5.97 Å². The van der Waals surface area contributed by atoms with Crippen LogP contribution in [-0.4, -0.2) is 29.9 Å². The van der Waals surface area contributed by atoms with Crippen LogP contribution in [0.1, 0.15) is 0 Å². The predicted molar refractivity (Wildman–Crippen MR) is 39.5 cm³/mol. The molecule has 2 aliphatic rings. The summed E-state index contributed by atoms with van der Waals surface area (Å²) >= 11 is 0. The van der Waals surface area contributed by atoms with Gasteiger partial charge in [-0.15, -0.1) is 0 Å². The first-order valence-electron chi connectivity index (χ1n) is 3.55. The van der Waals surface area contributed by atoms with Crippen LogP contribution in [0.3, 0.4) is 0 Å². The van der Waals surface area contributed by atoms with Crippen molar-refractivity contribution in [3.05, 3.63) is 24.0 Å².